The topological polar surface area (TPSA) is 34.9 Å². The van der Waals surface area contributed by atoms with Crippen molar-refractivity contribution in [3.63, 3.8) is 0 Å². The highest BCUT2D eigenvalue weighted by Gasteiger charge is 2.14. The van der Waals surface area contributed by atoms with E-state index in [1.165, 1.54) is 0 Å². The predicted octanol–water partition coefficient (Wildman–Crippen LogP) is 2.39. The Bertz CT molecular complexity index is 300. The maximum Gasteiger partial charge on any atom is 0.156 e. The number of ketones is 1. The third-order valence-corrected chi connectivity index (χ3v) is 2.44. The zero-order valence-electron chi connectivity index (χ0n) is 8.04. The van der Waals surface area contributed by atoms with Crippen LogP contribution in [0, 0.1) is 6.92 Å². The van der Waals surface area contributed by atoms with Gasteiger partial charge in [0, 0.05) is 12.6 Å². The number of carbonyl (C=O) groups is 1. The van der Waals surface area contributed by atoms with E-state index in [0.29, 0.717) is 11.4 Å². The number of aromatic nitrogens is 2. The molecule has 0 saturated carbocycles. The van der Waals surface area contributed by atoms with E-state index in [9.17, 15) is 4.79 Å². The van der Waals surface area contributed by atoms with Crippen LogP contribution in [-0.4, -0.2) is 15.6 Å². The Morgan fingerprint density at radius 3 is 2.77 bits per heavy atom. The molecule has 1 atom stereocenters. The Hall–Kier alpha value is -0.830. The molecule has 1 rings (SSSR count). The van der Waals surface area contributed by atoms with Gasteiger partial charge in [0.2, 0.25) is 0 Å². The first-order valence-corrected chi connectivity index (χ1v) is 4.68. The fraction of sp³-hybridized carbons (Fsp3) is 0.556. The van der Waals surface area contributed by atoms with Crippen molar-refractivity contribution < 1.29 is 4.79 Å². The quantitative estimate of drug-likeness (QED) is 0.751. The lowest BCUT2D eigenvalue weighted by Gasteiger charge is -2.08. The molecule has 0 saturated heterocycles. The second kappa shape index (κ2) is 3.92. The average Bonchev–Trinajstić information content (AvgIpc) is 2.44. The van der Waals surface area contributed by atoms with Crippen LogP contribution in [0.25, 0.3) is 0 Å². The monoisotopic (exact) mass is 200 g/mol. The van der Waals surface area contributed by atoms with E-state index in [2.05, 4.69) is 5.10 Å². The van der Waals surface area contributed by atoms with Crippen LogP contribution in [0.2, 0.25) is 5.02 Å². The molecule has 4 heteroatoms. The number of carbonyl (C=O) groups excluding carboxylic acids is 1. The minimum absolute atomic E-state index is 0.166. The summed E-state index contributed by atoms with van der Waals surface area (Å²) in [5, 5.41) is 4.75. The lowest BCUT2D eigenvalue weighted by atomic mass is 10.2. The molecule has 3 nitrogen and oxygen atoms in total. The average molecular weight is 201 g/mol. The zero-order valence-corrected chi connectivity index (χ0v) is 8.80. The van der Waals surface area contributed by atoms with E-state index in [1.807, 2.05) is 20.8 Å². The van der Waals surface area contributed by atoms with Gasteiger partial charge in [-0.3, -0.25) is 9.48 Å². The molecule has 0 aliphatic carbocycles. The predicted molar refractivity (Wildman–Crippen MR) is 52.0 cm³/mol. The van der Waals surface area contributed by atoms with E-state index < -0.39 is 0 Å². The highest BCUT2D eigenvalue weighted by atomic mass is 35.5. The highest BCUT2D eigenvalue weighted by Crippen LogP contribution is 2.16. The molecule has 13 heavy (non-hydrogen) atoms. The summed E-state index contributed by atoms with van der Waals surface area (Å²) in [6, 6.07) is -0.212. The molecule has 0 bridgehead atoms. The largest absolute Gasteiger partial charge is 0.297 e. The van der Waals surface area contributed by atoms with E-state index in [4.69, 9.17) is 11.6 Å². The number of nitrogens with zero attached hydrogens (tertiary/aromatic N) is 2. The van der Waals surface area contributed by atoms with Crippen molar-refractivity contribution in [2.75, 3.05) is 0 Å². The van der Waals surface area contributed by atoms with Gasteiger partial charge >= 0.3 is 0 Å². The van der Waals surface area contributed by atoms with Crippen LogP contribution in [0.3, 0.4) is 0 Å². The smallest absolute Gasteiger partial charge is 0.156 e. The molecule has 0 fully saturated rings. The van der Waals surface area contributed by atoms with Crippen LogP contribution in [0.15, 0.2) is 6.20 Å². The van der Waals surface area contributed by atoms with Gasteiger partial charge in [-0.05, 0) is 13.8 Å². The van der Waals surface area contributed by atoms with E-state index in [-0.39, 0.29) is 11.8 Å². The van der Waals surface area contributed by atoms with Gasteiger partial charge in [-0.15, -0.1) is 0 Å². The summed E-state index contributed by atoms with van der Waals surface area (Å²) in [5.41, 5.74) is 0.761. The molecule has 0 spiro atoms. The Balaban J connectivity index is 2.89. The molecular formula is C9H13ClN2O. The van der Waals surface area contributed by atoms with Crippen molar-refractivity contribution in [1.29, 1.82) is 0 Å². The molecule has 0 aromatic carbocycles. The molecule has 1 heterocycles. The SMILES string of the molecule is CCC(=O)C(C)n1cc(Cl)c(C)n1. The molecule has 0 amide bonds. The van der Waals surface area contributed by atoms with E-state index in [0.717, 1.165) is 5.69 Å². The molecule has 0 N–H and O–H groups in total. The summed E-state index contributed by atoms with van der Waals surface area (Å²) >= 11 is 5.83. The first-order chi connectivity index (χ1) is 6.06. The molecule has 0 aliphatic heterocycles. The summed E-state index contributed by atoms with van der Waals surface area (Å²) in [4.78, 5) is 11.3. The number of hydrogen-bond donors (Lipinski definition) is 0. The molecule has 1 aromatic heterocycles. The van der Waals surface area contributed by atoms with Gasteiger partial charge in [0.15, 0.2) is 5.78 Å². The molecular weight excluding hydrogens is 188 g/mol. The van der Waals surface area contributed by atoms with Crippen LogP contribution < -0.4 is 0 Å². The molecule has 1 aromatic rings. The number of aryl methyl sites for hydroxylation is 1. The van der Waals surface area contributed by atoms with Crippen LogP contribution >= 0.6 is 11.6 Å². The van der Waals surface area contributed by atoms with E-state index >= 15 is 0 Å². The van der Waals surface area contributed by atoms with Gasteiger partial charge in [-0.1, -0.05) is 18.5 Å². The number of halogens is 1. The fourth-order valence-corrected chi connectivity index (χ4v) is 1.24. The minimum Gasteiger partial charge on any atom is -0.297 e. The Kier molecular flexibility index (Phi) is 3.09. The van der Waals surface area contributed by atoms with Crippen molar-refractivity contribution in [2.24, 2.45) is 0 Å². The fourth-order valence-electron chi connectivity index (χ4n) is 1.10. The van der Waals surface area contributed by atoms with Crippen LogP contribution in [0.4, 0.5) is 0 Å². The third kappa shape index (κ3) is 2.10. The maximum absolute atomic E-state index is 11.3. The standard InChI is InChI=1S/C9H13ClN2O/c1-4-9(13)7(3)12-5-8(10)6(2)11-12/h5,7H,4H2,1-3H3. The molecule has 72 valence electrons. The first-order valence-electron chi connectivity index (χ1n) is 4.30. The zero-order chi connectivity index (χ0) is 10.0. The normalized spacial score (nSPS) is 12.9. The highest BCUT2D eigenvalue weighted by molar-refractivity contribution is 6.31. The lowest BCUT2D eigenvalue weighted by molar-refractivity contribution is -0.121. The van der Waals surface area contributed by atoms with Gasteiger partial charge in [0.25, 0.3) is 0 Å². The van der Waals surface area contributed by atoms with E-state index in [1.54, 1.807) is 10.9 Å². The Morgan fingerprint density at radius 2 is 2.38 bits per heavy atom. The maximum atomic E-state index is 11.3. The van der Waals surface area contributed by atoms with Crippen molar-refractivity contribution in [2.45, 2.75) is 33.2 Å². The second-order valence-corrected chi connectivity index (χ2v) is 3.45. The Morgan fingerprint density at radius 1 is 1.77 bits per heavy atom. The molecule has 1 unspecified atom stereocenters. The van der Waals surface area contributed by atoms with Crippen molar-refractivity contribution in [3.8, 4) is 0 Å². The van der Waals surface area contributed by atoms with Gasteiger partial charge in [-0.2, -0.15) is 5.10 Å². The summed E-state index contributed by atoms with van der Waals surface area (Å²) < 4.78 is 1.61. The second-order valence-electron chi connectivity index (χ2n) is 3.04. The van der Waals surface area contributed by atoms with Crippen LogP contribution in [0.5, 0.6) is 0 Å². The van der Waals surface area contributed by atoms with Gasteiger partial charge in [0.1, 0.15) is 6.04 Å². The van der Waals surface area contributed by atoms with Crippen molar-refractivity contribution in [3.05, 3.63) is 16.9 Å². The summed E-state index contributed by atoms with van der Waals surface area (Å²) in [5.74, 6) is 0.166. The minimum atomic E-state index is -0.212. The summed E-state index contributed by atoms with van der Waals surface area (Å²) in [6.07, 6.45) is 2.22. The van der Waals surface area contributed by atoms with Gasteiger partial charge in [0.05, 0.1) is 10.7 Å². The molecule has 0 aliphatic rings. The first kappa shape index (κ1) is 10.3. The summed E-state index contributed by atoms with van der Waals surface area (Å²) in [6.45, 7) is 5.49. The third-order valence-electron chi connectivity index (χ3n) is 2.07. The van der Waals surface area contributed by atoms with Crippen LogP contribution in [0.1, 0.15) is 32.0 Å². The van der Waals surface area contributed by atoms with Gasteiger partial charge < -0.3 is 0 Å². The summed E-state index contributed by atoms with van der Waals surface area (Å²) in [7, 11) is 0. The van der Waals surface area contributed by atoms with Crippen molar-refractivity contribution >= 4 is 17.4 Å². The van der Waals surface area contributed by atoms with Crippen LogP contribution in [-0.2, 0) is 4.79 Å². The number of rotatable bonds is 3. The number of hydrogen-bond acceptors (Lipinski definition) is 2. The lowest BCUT2D eigenvalue weighted by Crippen LogP contribution is -2.15. The number of Topliss-reactive ketones (excluding diaryl/α,β-unsaturated/α-hetero) is 1. The molecule has 0 radical (unpaired) electrons. The van der Waals surface area contributed by atoms with Gasteiger partial charge in [-0.25, -0.2) is 0 Å². The van der Waals surface area contributed by atoms with Crippen molar-refractivity contribution in [1.82, 2.24) is 9.78 Å². The Labute approximate surface area is 82.7 Å².